The average Bonchev–Trinajstić information content (AvgIpc) is 3.06. The third kappa shape index (κ3) is 2.16. The van der Waals surface area contributed by atoms with Gasteiger partial charge in [-0.2, -0.15) is 0 Å². The SMILES string of the molecule is Cc1nc2c(cc(Oc3nccnc3Cl)c3ccsc32)s1. The van der Waals surface area contributed by atoms with Crippen LogP contribution >= 0.6 is 34.3 Å². The molecule has 4 rings (SSSR count). The van der Waals surface area contributed by atoms with Gasteiger partial charge in [-0.3, -0.25) is 0 Å². The summed E-state index contributed by atoms with van der Waals surface area (Å²) < 4.78 is 8.09. The Balaban J connectivity index is 1.94. The summed E-state index contributed by atoms with van der Waals surface area (Å²) in [5, 5.41) is 4.33. The first kappa shape index (κ1) is 12.9. The Morgan fingerprint density at radius 1 is 1.24 bits per heavy atom. The summed E-state index contributed by atoms with van der Waals surface area (Å²) in [5.74, 6) is 1.04. The molecule has 1 aromatic carbocycles. The Morgan fingerprint density at radius 3 is 2.95 bits per heavy atom. The molecule has 4 nitrogen and oxygen atoms in total. The number of thiazole rings is 1. The minimum atomic E-state index is 0.251. The number of aryl methyl sites for hydroxylation is 1. The minimum absolute atomic E-state index is 0.251. The van der Waals surface area contributed by atoms with Gasteiger partial charge in [0.25, 0.3) is 5.88 Å². The van der Waals surface area contributed by atoms with Crippen LogP contribution in [0.25, 0.3) is 20.3 Å². The highest BCUT2D eigenvalue weighted by molar-refractivity contribution is 7.21. The Hall–Kier alpha value is -1.76. The van der Waals surface area contributed by atoms with Crippen LogP contribution < -0.4 is 4.74 Å². The van der Waals surface area contributed by atoms with Gasteiger partial charge in [-0.15, -0.1) is 22.7 Å². The van der Waals surface area contributed by atoms with Crippen LogP contribution in [0, 0.1) is 6.92 Å². The zero-order chi connectivity index (χ0) is 14.4. The maximum absolute atomic E-state index is 6.02. The molecule has 104 valence electrons. The van der Waals surface area contributed by atoms with E-state index in [0.717, 1.165) is 31.1 Å². The van der Waals surface area contributed by atoms with Crippen molar-refractivity contribution in [2.75, 3.05) is 0 Å². The van der Waals surface area contributed by atoms with E-state index in [1.807, 2.05) is 24.4 Å². The van der Waals surface area contributed by atoms with Gasteiger partial charge >= 0.3 is 0 Å². The molecule has 0 unspecified atom stereocenters. The molecular formula is C14H8ClN3OS2. The third-order valence-corrected chi connectivity index (χ3v) is 5.10. The van der Waals surface area contributed by atoms with Crippen molar-refractivity contribution in [3.8, 4) is 11.6 Å². The molecule has 0 radical (unpaired) electrons. The number of aromatic nitrogens is 3. The highest BCUT2D eigenvalue weighted by atomic mass is 35.5. The van der Waals surface area contributed by atoms with Gasteiger partial charge in [0.2, 0.25) is 0 Å². The number of fused-ring (bicyclic) bond motifs is 3. The molecule has 3 aromatic heterocycles. The second-order valence-electron chi connectivity index (χ2n) is 4.37. The summed E-state index contributed by atoms with van der Waals surface area (Å²) in [5.41, 5.74) is 1.03. The first-order chi connectivity index (χ1) is 10.2. The van der Waals surface area contributed by atoms with Crippen molar-refractivity contribution < 1.29 is 4.74 Å². The highest BCUT2D eigenvalue weighted by Gasteiger charge is 2.14. The van der Waals surface area contributed by atoms with Gasteiger partial charge in [-0.1, -0.05) is 11.6 Å². The van der Waals surface area contributed by atoms with Crippen LogP contribution in [0.5, 0.6) is 11.6 Å². The number of benzene rings is 1. The number of halogens is 1. The Morgan fingerprint density at radius 2 is 2.10 bits per heavy atom. The van der Waals surface area contributed by atoms with Gasteiger partial charge in [0.1, 0.15) is 5.75 Å². The lowest BCUT2D eigenvalue weighted by Crippen LogP contribution is -1.90. The van der Waals surface area contributed by atoms with Crippen LogP contribution in [-0.4, -0.2) is 15.0 Å². The van der Waals surface area contributed by atoms with E-state index in [2.05, 4.69) is 15.0 Å². The smallest absolute Gasteiger partial charge is 0.257 e. The van der Waals surface area contributed by atoms with Crippen molar-refractivity contribution in [1.82, 2.24) is 15.0 Å². The van der Waals surface area contributed by atoms with Gasteiger partial charge in [0.05, 0.1) is 19.9 Å². The van der Waals surface area contributed by atoms with Crippen molar-refractivity contribution in [1.29, 1.82) is 0 Å². The molecule has 0 fully saturated rings. The van der Waals surface area contributed by atoms with Crippen LogP contribution in [0.4, 0.5) is 0 Å². The highest BCUT2D eigenvalue weighted by Crippen LogP contribution is 2.40. The van der Waals surface area contributed by atoms with Crippen LogP contribution in [0.3, 0.4) is 0 Å². The number of nitrogens with zero attached hydrogens (tertiary/aromatic N) is 3. The monoisotopic (exact) mass is 333 g/mol. The summed E-state index contributed by atoms with van der Waals surface area (Å²) in [6.07, 6.45) is 3.09. The molecule has 0 saturated heterocycles. The summed E-state index contributed by atoms with van der Waals surface area (Å²) in [6.45, 7) is 2.00. The molecule has 0 N–H and O–H groups in total. The molecular weight excluding hydrogens is 326 g/mol. The zero-order valence-electron chi connectivity index (χ0n) is 10.8. The van der Waals surface area contributed by atoms with E-state index in [1.165, 1.54) is 6.20 Å². The van der Waals surface area contributed by atoms with Gasteiger partial charge in [0, 0.05) is 23.8 Å². The number of rotatable bonds is 2. The van der Waals surface area contributed by atoms with Crippen LogP contribution in [-0.2, 0) is 0 Å². The molecule has 0 amide bonds. The van der Waals surface area contributed by atoms with Gasteiger partial charge in [0.15, 0.2) is 5.15 Å². The Labute approximate surface area is 133 Å². The van der Waals surface area contributed by atoms with E-state index in [4.69, 9.17) is 16.3 Å². The normalized spacial score (nSPS) is 11.3. The van der Waals surface area contributed by atoms with Gasteiger partial charge in [-0.25, -0.2) is 15.0 Å². The van der Waals surface area contributed by atoms with E-state index in [0.29, 0.717) is 5.88 Å². The summed E-state index contributed by atoms with van der Waals surface area (Å²) in [7, 11) is 0. The summed E-state index contributed by atoms with van der Waals surface area (Å²) >= 11 is 9.32. The van der Waals surface area contributed by atoms with E-state index >= 15 is 0 Å². The zero-order valence-corrected chi connectivity index (χ0v) is 13.2. The third-order valence-electron chi connectivity index (χ3n) is 3.00. The minimum Gasteiger partial charge on any atom is -0.436 e. The molecule has 0 bridgehead atoms. The number of hydrogen-bond donors (Lipinski definition) is 0. The lowest BCUT2D eigenvalue weighted by atomic mass is 10.2. The van der Waals surface area contributed by atoms with E-state index in [-0.39, 0.29) is 5.15 Å². The number of thiophene rings is 1. The van der Waals surface area contributed by atoms with Crippen LogP contribution in [0.2, 0.25) is 5.15 Å². The first-order valence-corrected chi connectivity index (χ1v) is 8.21. The van der Waals surface area contributed by atoms with Gasteiger partial charge in [-0.05, 0) is 18.4 Å². The largest absolute Gasteiger partial charge is 0.436 e. The lowest BCUT2D eigenvalue weighted by Gasteiger charge is -2.07. The average molecular weight is 334 g/mol. The molecule has 7 heteroatoms. The predicted molar refractivity (Wildman–Crippen MR) is 86.9 cm³/mol. The molecule has 0 spiro atoms. The summed E-state index contributed by atoms with van der Waals surface area (Å²) in [4.78, 5) is 12.7. The predicted octanol–water partition coefficient (Wildman–Crippen LogP) is 5.06. The quantitative estimate of drug-likeness (QED) is 0.514. The molecule has 0 aliphatic rings. The fourth-order valence-electron chi connectivity index (χ4n) is 2.15. The molecule has 3 heterocycles. The van der Waals surface area contributed by atoms with Crippen molar-refractivity contribution >= 4 is 54.6 Å². The molecule has 21 heavy (non-hydrogen) atoms. The number of hydrogen-bond acceptors (Lipinski definition) is 6. The fraction of sp³-hybridized carbons (Fsp3) is 0.0714. The Bertz CT molecular complexity index is 963. The molecule has 4 aromatic rings. The molecule has 0 atom stereocenters. The summed E-state index contributed by atoms with van der Waals surface area (Å²) in [6, 6.07) is 4.01. The topological polar surface area (TPSA) is 47.9 Å². The van der Waals surface area contributed by atoms with Crippen molar-refractivity contribution in [3.63, 3.8) is 0 Å². The number of ether oxygens (including phenoxy) is 1. The molecule has 0 aliphatic carbocycles. The van der Waals surface area contributed by atoms with E-state index in [9.17, 15) is 0 Å². The van der Waals surface area contributed by atoms with Crippen LogP contribution in [0.1, 0.15) is 5.01 Å². The van der Waals surface area contributed by atoms with Crippen molar-refractivity contribution in [3.05, 3.63) is 40.1 Å². The molecule has 0 aliphatic heterocycles. The van der Waals surface area contributed by atoms with E-state index in [1.54, 1.807) is 28.9 Å². The van der Waals surface area contributed by atoms with Crippen LogP contribution in [0.15, 0.2) is 29.9 Å². The van der Waals surface area contributed by atoms with Crippen molar-refractivity contribution in [2.24, 2.45) is 0 Å². The molecule has 0 saturated carbocycles. The second-order valence-corrected chi connectivity index (χ2v) is 6.88. The second kappa shape index (κ2) is 4.91. The maximum Gasteiger partial charge on any atom is 0.257 e. The fourth-order valence-corrected chi connectivity index (χ4v) is 4.13. The van der Waals surface area contributed by atoms with Crippen molar-refractivity contribution in [2.45, 2.75) is 6.92 Å². The maximum atomic E-state index is 6.02. The lowest BCUT2D eigenvalue weighted by molar-refractivity contribution is 0.466. The Kier molecular flexibility index (Phi) is 3.02. The standard InChI is InChI=1S/C14H8ClN3OS2/c1-7-18-11-10(21-7)6-9(8-2-5-20-12(8)11)19-14-13(15)16-3-4-17-14/h2-6H,1H3. The van der Waals surface area contributed by atoms with Gasteiger partial charge < -0.3 is 4.74 Å². The van der Waals surface area contributed by atoms with E-state index < -0.39 is 0 Å². The first-order valence-electron chi connectivity index (χ1n) is 6.14.